The summed E-state index contributed by atoms with van der Waals surface area (Å²) in [6.45, 7) is 5.96. The molecule has 0 saturated heterocycles. The van der Waals surface area contributed by atoms with Crippen LogP contribution in [0.1, 0.15) is 19.4 Å². The highest BCUT2D eigenvalue weighted by Crippen LogP contribution is 2.26. The molecule has 2 N–H and O–H groups in total. The molecule has 4 nitrogen and oxygen atoms in total. The van der Waals surface area contributed by atoms with E-state index in [-0.39, 0.29) is 24.4 Å². The van der Waals surface area contributed by atoms with E-state index in [1.807, 2.05) is 26.0 Å². The predicted octanol–water partition coefficient (Wildman–Crippen LogP) is 2.64. The molecule has 0 aliphatic rings. The van der Waals surface area contributed by atoms with Gasteiger partial charge in [0, 0.05) is 19.6 Å². The van der Waals surface area contributed by atoms with Crippen LogP contribution in [-0.4, -0.2) is 36.5 Å². The number of hydrogen-bond donors (Lipinski definition) is 1. The van der Waals surface area contributed by atoms with Crippen molar-refractivity contribution in [3.05, 3.63) is 28.8 Å². The number of amides is 1. The van der Waals surface area contributed by atoms with Gasteiger partial charge < -0.3 is 15.4 Å². The Hall–Kier alpha value is -0.970. The van der Waals surface area contributed by atoms with E-state index in [0.717, 1.165) is 5.56 Å². The van der Waals surface area contributed by atoms with Crippen molar-refractivity contribution >= 4 is 29.9 Å². The van der Waals surface area contributed by atoms with Crippen molar-refractivity contribution in [3.63, 3.8) is 0 Å². The first-order chi connectivity index (χ1) is 8.86. The first-order valence-corrected chi connectivity index (χ1v) is 6.64. The van der Waals surface area contributed by atoms with Gasteiger partial charge in [-0.15, -0.1) is 12.4 Å². The second-order valence-electron chi connectivity index (χ2n) is 4.73. The summed E-state index contributed by atoms with van der Waals surface area (Å²) in [4.78, 5) is 13.7. The minimum absolute atomic E-state index is 0. The van der Waals surface area contributed by atoms with Gasteiger partial charge >= 0.3 is 0 Å². The van der Waals surface area contributed by atoms with Gasteiger partial charge in [-0.2, -0.15) is 0 Å². The number of nitrogens with zero attached hydrogens (tertiary/aromatic N) is 1. The summed E-state index contributed by atoms with van der Waals surface area (Å²) in [5.41, 5.74) is 6.58. The Kier molecular flexibility index (Phi) is 7.94. The summed E-state index contributed by atoms with van der Waals surface area (Å²) in [7, 11) is 1.72. The van der Waals surface area contributed by atoms with E-state index in [4.69, 9.17) is 22.1 Å². The zero-order valence-corrected chi connectivity index (χ0v) is 13.8. The van der Waals surface area contributed by atoms with Crippen molar-refractivity contribution in [2.24, 2.45) is 5.73 Å². The van der Waals surface area contributed by atoms with E-state index in [9.17, 15) is 4.79 Å². The minimum atomic E-state index is -0.599. The fraction of sp³-hybridized carbons (Fsp3) is 0.500. The van der Waals surface area contributed by atoms with E-state index in [1.54, 1.807) is 24.9 Å². The molecular weight excluding hydrogens is 299 g/mol. The molecule has 6 heteroatoms. The molecule has 0 heterocycles. The Morgan fingerprint density at radius 2 is 2.05 bits per heavy atom. The summed E-state index contributed by atoms with van der Waals surface area (Å²) in [6.07, 6.45) is -0.599. The van der Waals surface area contributed by atoms with Crippen LogP contribution in [0.25, 0.3) is 0 Å². The molecule has 20 heavy (non-hydrogen) atoms. The van der Waals surface area contributed by atoms with Gasteiger partial charge in [-0.3, -0.25) is 4.79 Å². The van der Waals surface area contributed by atoms with Gasteiger partial charge in [-0.05, 0) is 38.5 Å². The van der Waals surface area contributed by atoms with E-state index in [1.165, 1.54) is 0 Å². The van der Waals surface area contributed by atoms with E-state index >= 15 is 0 Å². The molecule has 0 bridgehead atoms. The zero-order valence-electron chi connectivity index (χ0n) is 12.2. The van der Waals surface area contributed by atoms with Crippen LogP contribution in [0.15, 0.2) is 18.2 Å². The summed E-state index contributed by atoms with van der Waals surface area (Å²) < 4.78 is 5.64. The number of likely N-dealkylation sites (N-methyl/N-ethyl adjacent to an activating group) is 1. The molecule has 0 aliphatic heterocycles. The van der Waals surface area contributed by atoms with Gasteiger partial charge in [0.1, 0.15) is 5.75 Å². The Morgan fingerprint density at radius 3 is 2.60 bits per heavy atom. The maximum Gasteiger partial charge on any atom is 0.263 e. The highest BCUT2D eigenvalue weighted by Gasteiger charge is 2.22. The lowest BCUT2D eigenvalue weighted by Crippen LogP contribution is -2.45. The third-order valence-corrected chi connectivity index (χ3v) is 3.40. The molecule has 0 saturated carbocycles. The van der Waals surface area contributed by atoms with Crippen molar-refractivity contribution in [1.29, 1.82) is 0 Å². The highest BCUT2D eigenvalue weighted by atomic mass is 35.5. The molecule has 1 aromatic rings. The zero-order chi connectivity index (χ0) is 14.6. The first-order valence-electron chi connectivity index (χ1n) is 6.26. The summed E-state index contributed by atoms with van der Waals surface area (Å²) in [5, 5.41) is 0.500. The van der Waals surface area contributed by atoms with E-state index in [0.29, 0.717) is 17.3 Å². The molecule has 2 unspecified atom stereocenters. The number of benzene rings is 1. The van der Waals surface area contributed by atoms with Crippen LogP contribution in [0.2, 0.25) is 5.02 Å². The van der Waals surface area contributed by atoms with Crippen molar-refractivity contribution < 1.29 is 9.53 Å². The molecule has 0 aromatic heterocycles. The Bertz CT molecular complexity index is 455. The van der Waals surface area contributed by atoms with Crippen molar-refractivity contribution in [3.8, 4) is 5.75 Å². The van der Waals surface area contributed by atoms with Crippen LogP contribution in [0.5, 0.6) is 5.75 Å². The fourth-order valence-electron chi connectivity index (χ4n) is 1.60. The Labute approximate surface area is 131 Å². The number of carbonyl (C=O) groups excluding carboxylic acids is 1. The average molecular weight is 321 g/mol. The molecule has 0 aliphatic carbocycles. The van der Waals surface area contributed by atoms with Gasteiger partial charge in [0.2, 0.25) is 0 Å². The summed E-state index contributed by atoms with van der Waals surface area (Å²) >= 11 is 6.04. The summed E-state index contributed by atoms with van der Waals surface area (Å²) in [5.74, 6) is 0.409. The maximum absolute atomic E-state index is 12.1. The molecule has 0 fully saturated rings. The van der Waals surface area contributed by atoms with Gasteiger partial charge in [0.05, 0.1) is 5.02 Å². The SMILES string of the molecule is Cc1ccc(Cl)c(OC(C)C(=O)N(C)C(C)CN)c1.Cl. The number of hydrogen-bond acceptors (Lipinski definition) is 3. The molecule has 0 spiro atoms. The number of ether oxygens (including phenoxy) is 1. The smallest absolute Gasteiger partial charge is 0.263 e. The quantitative estimate of drug-likeness (QED) is 0.907. The number of nitrogens with two attached hydrogens (primary N) is 1. The van der Waals surface area contributed by atoms with E-state index < -0.39 is 6.10 Å². The molecule has 2 atom stereocenters. The second kappa shape index (κ2) is 8.35. The lowest BCUT2D eigenvalue weighted by atomic mass is 10.2. The van der Waals surface area contributed by atoms with Crippen LogP contribution in [0.3, 0.4) is 0 Å². The standard InChI is InChI=1S/C14H21ClN2O2.ClH/c1-9-5-6-12(15)13(7-9)19-11(3)14(18)17(4)10(2)8-16;/h5-7,10-11H,8,16H2,1-4H3;1H. The molecule has 1 rings (SSSR count). The molecular formula is C14H22Cl2N2O2. The van der Waals surface area contributed by atoms with Crippen molar-refractivity contribution in [1.82, 2.24) is 4.90 Å². The number of carbonyl (C=O) groups is 1. The van der Waals surface area contributed by atoms with Gasteiger partial charge in [-0.1, -0.05) is 17.7 Å². The monoisotopic (exact) mass is 320 g/mol. The van der Waals surface area contributed by atoms with Crippen LogP contribution in [-0.2, 0) is 4.79 Å². The fourth-order valence-corrected chi connectivity index (χ4v) is 1.77. The third kappa shape index (κ3) is 4.85. The van der Waals surface area contributed by atoms with Gasteiger partial charge in [0.15, 0.2) is 6.10 Å². The van der Waals surface area contributed by atoms with Crippen LogP contribution >= 0.6 is 24.0 Å². The topological polar surface area (TPSA) is 55.6 Å². The Balaban J connectivity index is 0.00000361. The lowest BCUT2D eigenvalue weighted by Gasteiger charge is -2.27. The van der Waals surface area contributed by atoms with Crippen LogP contribution in [0, 0.1) is 6.92 Å². The minimum Gasteiger partial charge on any atom is -0.479 e. The largest absolute Gasteiger partial charge is 0.479 e. The lowest BCUT2D eigenvalue weighted by molar-refractivity contribution is -0.138. The normalized spacial score (nSPS) is 13.1. The molecule has 0 radical (unpaired) electrons. The molecule has 114 valence electrons. The van der Waals surface area contributed by atoms with Crippen molar-refractivity contribution in [2.45, 2.75) is 32.9 Å². The van der Waals surface area contributed by atoms with E-state index in [2.05, 4.69) is 0 Å². The summed E-state index contributed by atoms with van der Waals surface area (Å²) in [6, 6.07) is 5.45. The number of halogens is 2. The maximum atomic E-state index is 12.1. The van der Waals surface area contributed by atoms with Crippen LogP contribution in [0.4, 0.5) is 0 Å². The highest BCUT2D eigenvalue weighted by molar-refractivity contribution is 6.32. The average Bonchev–Trinajstić information content (AvgIpc) is 2.40. The Morgan fingerprint density at radius 1 is 1.45 bits per heavy atom. The molecule has 1 aromatic carbocycles. The number of rotatable bonds is 5. The molecule has 1 amide bonds. The van der Waals surface area contributed by atoms with Gasteiger partial charge in [-0.25, -0.2) is 0 Å². The number of aryl methyl sites for hydroxylation is 1. The van der Waals surface area contributed by atoms with Crippen molar-refractivity contribution in [2.75, 3.05) is 13.6 Å². The van der Waals surface area contributed by atoms with Gasteiger partial charge in [0.25, 0.3) is 5.91 Å². The van der Waals surface area contributed by atoms with Crippen LogP contribution < -0.4 is 10.5 Å². The third-order valence-electron chi connectivity index (χ3n) is 3.09. The second-order valence-corrected chi connectivity index (χ2v) is 5.14. The predicted molar refractivity (Wildman–Crippen MR) is 84.8 cm³/mol. The first kappa shape index (κ1) is 19.0.